The van der Waals surface area contributed by atoms with Gasteiger partial charge in [-0.2, -0.15) is 13.2 Å². The second kappa shape index (κ2) is 3.78. The van der Waals surface area contributed by atoms with Crippen molar-refractivity contribution in [1.29, 1.82) is 0 Å². The molecule has 3 rings (SSSR count). The number of anilines is 1. The average Bonchev–Trinajstić information content (AvgIpc) is 2.92. The summed E-state index contributed by atoms with van der Waals surface area (Å²) in [6.07, 6.45) is -4.39. The van der Waals surface area contributed by atoms with Crippen molar-refractivity contribution in [2.45, 2.75) is 6.18 Å². The normalized spacial score (nSPS) is 12.2. The molecule has 19 heavy (non-hydrogen) atoms. The number of rotatable bonds is 1. The Balaban J connectivity index is 2.11. The van der Waals surface area contributed by atoms with Crippen LogP contribution < -0.4 is 5.73 Å². The first-order chi connectivity index (χ1) is 8.93. The number of nitrogens with zero attached hydrogens (tertiary/aromatic N) is 1. The summed E-state index contributed by atoms with van der Waals surface area (Å²) in [7, 11) is 0. The highest BCUT2D eigenvalue weighted by Gasteiger charge is 2.32. The molecule has 0 atom stereocenters. The zero-order chi connectivity index (χ0) is 13.6. The monoisotopic (exact) mass is 267 g/mol. The van der Waals surface area contributed by atoms with E-state index in [1.165, 1.54) is 6.07 Å². The van der Waals surface area contributed by atoms with Gasteiger partial charge in [-0.15, -0.1) is 0 Å². The SMILES string of the molecule is Nc1cc(-c2ccc3[nH]c(C(F)(F)F)cc3c2)no1. The third-order valence-electron chi connectivity index (χ3n) is 2.75. The standard InChI is InChI=1S/C12H8F3N3O/c13-12(14,15)10-4-7-3-6(1-2-8(7)17-10)9-5-11(16)19-18-9/h1-5,17H,16H2. The van der Waals surface area contributed by atoms with Crippen molar-refractivity contribution in [3.63, 3.8) is 0 Å². The molecule has 4 nitrogen and oxygen atoms in total. The third-order valence-corrected chi connectivity index (χ3v) is 2.75. The number of alkyl halides is 3. The summed E-state index contributed by atoms with van der Waals surface area (Å²) >= 11 is 0. The van der Waals surface area contributed by atoms with Crippen LogP contribution in [0.3, 0.4) is 0 Å². The molecule has 7 heteroatoms. The van der Waals surface area contributed by atoms with E-state index in [1.807, 2.05) is 0 Å². The fourth-order valence-corrected chi connectivity index (χ4v) is 1.87. The first kappa shape index (κ1) is 11.6. The molecule has 0 saturated carbocycles. The fourth-order valence-electron chi connectivity index (χ4n) is 1.87. The quantitative estimate of drug-likeness (QED) is 0.709. The third kappa shape index (κ3) is 2.03. The molecular formula is C12H8F3N3O. The van der Waals surface area contributed by atoms with Crippen LogP contribution in [0.4, 0.5) is 19.1 Å². The van der Waals surface area contributed by atoms with Crippen molar-refractivity contribution >= 4 is 16.8 Å². The molecule has 0 bridgehead atoms. The van der Waals surface area contributed by atoms with Gasteiger partial charge in [-0.3, -0.25) is 0 Å². The van der Waals surface area contributed by atoms with Crippen molar-refractivity contribution in [2.24, 2.45) is 0 Å². The highest BCUT2D eigenvalue weighted by atomic mass is 19.4. The molecule has 2 heterocycles. The maximum absolute atomic E-state index is 12.6. The molecule has 2 aromatic heterocycles. The second-order valence-electron chi connectivity index (χ2n) is 4.10. The fraction of sp³-hybridized carbons (Fsp3) is 0.0833. The number of halogens is 3. The van der Waals surface area contributed by atoms with Crippen LogP contribution in [0.15, 0.2) is 34.9 Å². The molecular weight excluding hydrogens is 259 g/mol. The number of benzene rings is 1. The topological polar surface area (TPSA) is 67.8 Å². The Labute approximate surface area is 105 Å². The van der Waals surface area contributed by atoms with E-state index < -0.39 is 11.9 Å². The van der Waals surface area contributed by atoms with Crippen molar-refractivity contribution in [2.75, 3.05) is 5.73 Å². The lowest BCUT2D eigenvalue weighted by atomic mass is 10.1. The molecule has 1 aromatic carbocycles. The van der Waals surface area contributed by atoms with Gasteiger partial charge in [-0.25, -0.2) is 0 Å². The number of aromatic nitrogens is 2. The predicted octanol–water partition coefficient (Wildman–Crippen LogP) is 3.42. The molecule has 0 fully saturated rings. The summed E-state index contributed by atoms with van der Waals surface area (Å²) in [6.45, 7) is 0. The summed E-state index contributed by atoms with van der Waals surface area (Å²) in [5, 5.41) is 4.17. The summed E-state index contributed by atoms with van der Waals surface area (Å²) in [5.74, 6) is 0.153. The molecule has 0 aliphatic carbocycles. The van der Waals surface area contributed by atoms with Gasteiger partial charge in [-0.05, 0) is 18.2 Å². The van der Waals surface area contributed by atoms with Crippen molar-refractivity contribution in [3.05, 3.63) is 36.0 Å². The van der Waals surface area contributed by atoms with Gasteiger partial charge < -0.3 is 15.2 Å². The Hall–Kier alpha value is -2.44. The van der Waals surface area contributed by atoms with E-state index in [0.717, 1.165) is 6.07 Å². The molecule has 0 aliphatic rings. The van der Waals surface area contributed by atoms with E-state index in [1.54, 1.807) is 18.2 Å². The predicted molar refractivity (Wildman–Crippen MR) is 63.2 cm³/mol. The molecule has 0 unspecified atom stereocenters. The van der Waals surface area contributed by atoms with Crippen LogP contribution in [-0.2, 0) is 6.18 Å². The zero-order valence-corrected chi connectivity index (χ0v) is 9.45. The van der Waals surface area contributed by atoms with Crippen molar-refractivity contribution in [1.82, 2.24) is 10.1 Å². The summed E-state index contributed by atoms with van der Waals surface area (Å²) < 4.78 is 42.5. The number of fused-ring (bicyclic) bond motifs is 1. The molecule has 0 aliphatic heterocycles. The minimum absolute atomic E-state index is 0.153. The van der Waals surface area contributed by atoms with E-state index in [0.29, 0.717) is 22.2 Å². The minimum Gasteiger partial charge on any atom is -0.368 e. The van der Waals surface area contributed by atoms with E-state index >= 15 is 0 Å². The van der Waals surface area contributed by atoms with Gasteiger partial charge >= 0.3 is 6.18 Å². The Morgan fingerprint density at radius 2 is 1.95 bits per heavy atom. The van der Waals surface area contributed by atoms with Crippen LogP contribution in [0.25, 0.3) is 22.2 Å². The zero-order valence-electron chi connectivity index (χ0n) is 9.45. The Kier molecular flexibility index (Phi) is 2.31. The van der Waals surface area contributed by atoms with Crippen LogP contribution in [0.2, 0.25) is 0 Å². The first-order valence-electron chi connectivity index (χ1n) is 5.36. The van der Waals surface area contributed by atoms with Crippen LogP contribution in [-0.4, -0.2) is 10.1 Å². The number of H-pyrrole nitrogens is 1. The number of aromatic amines is 1. The number of hydrogen-bond acceptors (Lipinski definition) is 3. The van der Waals surface area contributed by atoms with Gasteiger partial charge in [0.1, 0.15) is 11.4 Å². The summed E-state index contributed by atoms with van der Waals surface area (Å²) in [6, 6.07) is 7.38. The molecule has 3 N–H and O–H groups in total. The van der Waals surface area contributed by atoms with E-state index in [4.69, 9.17) is 10.3 Å². The highest BCUT2D eigenvalue weighted by molar-refractivity contribution is 5.85. The maximum atomic E-state index is 12.6. The molecule has 0 saturated heterocycles. The molecule has 3 aromatic rings. The van der Waals surface area contributed by atoms with Crippen molar-refractivity contribution < 1.29 is 17.7 Å². The molecule has 0 amide bonds. The maximum Gasteiger partial charge on any atom is 0.431 e. The Morgan fingerprint density at radius 3 is 2.58 bits per heavy atom. The largest absolute Gasteiger partial charge is 0.431 e. The van der Waals surface area contributed by atoms with E-state index in [2.05, 4.69) is 10.1 Å². The lowest BCUT2D eigenvalue weighted by Crippen LogP contribution is -2.04. The Bertz CT molecular complexity index is 742. The average molecular weight is 267 g/mol. The smallest absolute Gasteiger partial charge is 0.368 e. The van der Waals surface area contributed by atoms with Crippen molar-refractivity contribution in [3.8, 4) is 11.3 Å². The first-order valence-corrected chi connectivity index (χ1v) is 5.36. The van der Waals surface area contributed by atoms with E-state index in [-0.39, 0.29) is 5.88 Å². The van der Waals surface area contributed by atoms with Gasteiger partial charge in [0.05, 0.1) is 0 Å². The Morgan fingerprint density at radius 1 is 1.16 bits per heavy atom. The number of hydrogen-bond donors (Lipinski definition) is 2. The van der Waals surface area contributed by atoms with Gasteiger partial charge in [0.25, 0.3) is 0 Å². The summed E-state index contributed by atoms with van der Waals surface area (Å²) in [5.41, 5.74) is 6.16. The summed E-state index contributed by atoms with van der Waals surface area (Å²) in [4.78, 5) is 2.33. The van der Waals surface area contributed by atoms with E-state index in [9.17, 15) is 13.2 Å². The number of nitrogens with two attached hydrogens (primary N) is 1. The lowest BCUT2D eigenvalue weighted by molar-refractivity contribution is -0.140. The van der Waals surface area contributed by atoms with Gasteiger partial charge in [0.2, 0.25) is 5.88 Å². The molecule has 98 valence electrons. The van der Waals surface area contributed by atoms with Crippen LogP contribution in [0.5, 0.6) is 0 Å². The van der Waals surface area contributed by atoms with Gasteiger partial charge in [0.15, 0.2) is 0 Å². The lowest BCUT2D eigenvalue weighted by Gasteiger charge is -2.00. The molecule has 0 radical (unpaired) electrons. The number of nitrogen functional groups attached to an aromatic ring is 1. The minimum atomic E-state index is -4.39. The highest BCUT2D eigenvalue weighted by Crippen LogP contribution is 2.32. The second-order valence-corrected chi connectivity index (χ2v) is 4.10. The van der Waals surface area contributed by atoms with Gasteiger partial charge in [0, 0.05) is 22.5 Å². The number of nitrogens with one attached hydrogen (secondary N) is 1. The van der Waals surface area contributed by atoms with Crippen LogP contribution in [0.1, 0.15) is 5.69 Å². The van der Waals surface area contributed by atoms with Crippen LogP contribution >= 0.6 is 0 Å². The van der Waals surface area contributed by atoms with Crippen LogP contribution in [0, 0.1) is 0 Å². The van der Waals surface area contributed by atoms with Gasteiger partial charge in [-0.1, -0.05) is 11.2 Å². The molecule has 0 spiro atoms.